The molecule has 0 radical (unpaired) electrons. The Morgan fingerprint density at radius 2 is 2.11 bits per heavy atom. The molecule has 0 amide bonds. The van der Waals surface area contributed by atoms with Gasteiger partial charge >= 0.3 is 0 Å². The molecule has 3 rings (SSSR count). The quantitative estimate of drug-likeness (QED) is 0.894. The Kier molecular flexibility index (Phi) is 3.15. The van der Waals surface area contributed by atoms with Crippen LogP contribution in [0, 0.1) is 6.92 Å². The summed E-state index contributed by atoms with van der Waals surface area (Å²) in [6.45, 7) is 3.25. The van der Waals surface area contributed by atoms with E-state index in [1.54, 1.807) is 0 Å². The molecule has 1 atom stereocenters. The van der Waals surface area contributed by atoms with Crippen LogP contribution in [0.3, 0.4) is 0 Å². The van der Waals surface area contributed by atoms with Crippen molar-refractivity contribution in [2.75, 3.05) is 6.54 Å². The third-order valence-corrected chi connectivity index (χ3v) is 3.66. The van der Waals surface area contributed by atoms with E-state index in [2.05, 4.69) is 41.6 Å². The van der Waals surface area contributed by atoms with Gasteiger partial charge in [-0.05, 0) is 56.5 Å². The molecule has 1 saturated heterocycles. The first-order valence-corrected chi connectivity index (χ1v) is 6.66. The molecule has 2 aromatic rings. The van der Waals surface area contributed by atoms with Crippen LogP contribution >= 0.6 is 0 Å². The molecule has 2 heterocycles. The Labute approximate surface area is 108 Å². The highest BCUT2D eigenvalue weighted by Gasteiger charge is 2.14. The molecule has 1 aromatic carbocycles. The number of hydrogen-bond acceptors (Lipinski definition) is 2. The fourth-order valence-electron chi connectivity index (χ4n) is 2.63. The van der Waals surface area contributed by atoms with Crippen molar-refractivity contribution < 1.29 is 0 Å². The minimum absolute atomic E-state index is 0.669. The molecule has 18 heavy (non-hydrogen) atoms. The summed E-state index contributed by atoms with van der Waals surface area (Å²) in [5, 5.41) is 7.86. The maximum Gasteiger partial charge on any atom is 0.0648 e. The summed E-state index contributed by atoms with van der Waals surface area (Å²) < 4.78 is 1.97. The van der Waals surface area contributed by atoms with Crippen molar-refractivity contribution in [2.24, 2.45) is 0 Å². The maximum absolute atomic E-state index is 4.32. The number of benzene rings is 1. The van der Waals surface area contributed by atoms with Crippen molar-refractivity contribution in [3.05, 3.63) is 47.8 Å². The molecule has 3 heteroatoms. The summed E-state index contributed by atoms with van der Waals surface area (Å²) >= 11 is 0. The predicted octanol–water partition coefficient (Wildman–Crippen LogP) is 2.48. The van der Waals surface area contributed by atoms with E-state index in [-0.39, 0.29) is 0 Å². The average Bonchev–Trinajstić information content (AvgIpc) is 3.02. The van der Waals surface area contributed by atoms with Crippen molar-refractivity contribution in [1.29, 1.82) is 0 Å². The standard InChI is InChI=1S/C15H19N3/c1-12-8-10-17-18(12)15-6-4-13(5-7-15)11-14-3-2-9-16-14/h4-8,10,14,16H,2-3,9,11H2,1H3. The Morgan fingerprint density at radius 3 is 2.72 bits per heavy atom. The van der Waals surface area contributed by atoms with E-state index in [9.17, 15) is 0 Å². The van der Waals surface area contributed by atoms with Gasteiger partial charge in [-0.1, -0.05) is 12.1 Å². The molecule has 1 unspecified atom stereocenters. The lowest BCUT2D eigenvalue weighted by Gasteiger charge is -2.11. The van der Waals surface area contributed by atoms with Crippen LogP contribution in [0.1, 0.15) is 24.1 Å². The van der Waals surface area contributed by atoms with E-state index < -0.39 is 0 Å². The Bertz CT molecular complexity index is 507. The first kappa shape index (κ1) is 11.5. The zero-order valence-electron chi connectivity index (χ0n) is 10.8. The molecule has 0 spiro atoms. The molecule has 1 fully saturated rings. The zero-order chi connectivity index (χ0) is 12.4. The second-order valence-corrected chi connectivity index (χ2v) is 5.05. The summed E-state index contributed by atoms with van der Waals surface area (Å²) in [6.07, 6.45) is 5.60. The number of aryl methyl sites for hydroxylation is 1. The SMILES string of the molecule is Cc1ccnn1-c1ccc(CC2CCCN2)cc1. The topological polar surface area (TPSA) is 29.9 Å². The molecule has 1 N–H and O–H groups in total. The minimum atomic E-state index is 0.669. The zero-order valence-corrected chi connectivity index (χ0v) is 10.8. The summed E-state index contributed by atoms with van der Waals surface area (Å²) in [7, 11) is 0. The molecule has 0 bridgehead atoms. The molecule has 94 valence electrons. The third-order valence-electron chi connectivity index (χ3n) is 3.66. The lowest BCUT2D eigenvalue weighted by atomic mass is 10.0. The second kappa shape index (κ2) is 4.94. The van der Waals surface area contributed by atoms with E-state index in [1.165, 1.54) is 30.6 Å². The van der Waals surface area contributed by atoms with Gasteiger partial charge in [-0.2, -0.15) is 5.10 Å². The third kappa shape index (κ3) is 2.31. The van der Waals surface area contributed by atoms with Gasteiger partial charge in [0, 0.05) is 17.9 Å². The van der Waals surface area contributed by atoms with Crippen LogP contribution in [0.4, 0.5) is 0 Å². The van der Waals surface area contributed by atoms with Gasteiger partial charge < -0.3 is 5.32 Å². The fraction of sp³-hybridized carbons (Fsp3) is 0.400. The molecule has 0 saturated carbocycles. The van der Waals surface area contributed by atoms with Gasteiger partial charge in [0.05, 0.1) is 5.69 Å². The highest BCUT2D eigenvalue weighted by Crippen LogP contribution is 2.15. The number of nitrogens with zero attached hydrogens (tertiary/aromatic N) is 2. The van der Waals surface area contributed by atoms with Crippen molar-refractivity contribution in [1.82, 2.24) is 15.1 Å². The summed E-state index contributed by atoms with van der Waals surface area (Å²) in [5.74, 6) is 0. The van der Waals surface area contributed by atoms with Crippen molar-refractivity contribution >= 4 is 0 Å². The normalized spacial score (nSPS) is 19.3. The van der Waals surface area contributed by atoms with Crippen LogP contribution in [0.25, 0.3) is 5.69 Å². The van der Waals surface area contributed by atoms with Crippen LogP contribution in [-0.4, -0.2) is 22.4 Å². The van der Waals surface area contributed by atoms with Gasteiger partial charge in [0.2, 0.25) is 0 Å². The molecule has 1 aliphatic rings. The maximum atomic E-state index is 4.32. The van der Waals surface area contributed by atoms with Crippen LogP contribution < -0.4 is 5.32 Å². The van der Waals surface area contributed by atoms with Crippen LogP contribution in [-0.2, 0) is 6.42 Å². The monoisotopic (exact) mass is 241 g/mol. The summed E-state index contributed by atoms with van der Waals surface area (Å²) in [5.41, 5.74) is 3.71. The van der Waals surface area contributed by atoms with Gasteiger partial charge in [0.1, 0.15) is 0 Å². The summed E-state index contributed by atoms with van der Waals surface area (Å²) in [6, 6.07) is 11.4. The van der Waals surface area contributed by atoms with Crippen molar-refractivity contribution in [3.8, 4) is 5.69 Å². The number of rotatable bonds is 3. The van der Waals surface area contributed by atoms with E-state index in [4.69, 9.17) is 0 Å². The highest BCUT2D eigenvalue weighted by atomic mass is 15.3. The van der Waals surface area contributed by atoms with Gasteiger partial charge in [-0.3, -0.25) is 0 Å². The van der Waals surface area contributed by atoms with E-state index in [0.29, 0.717) is 6.04 Å². The molecule has 3 nitrogen and oxygen atoms in total. The van der Waals surface area contributed by atoms with Crippen molar-refractivity contribution in [2.45, 2.75) is 32.2 Å². The molecular formula is C15H19N3. The smallest absolute Gasteiger partial charge is 0.0648 e. The first-order valence-electron chi connectivity index (χ1n) is 6.66. The van der Waals surface area contributed by atoms with E-state index in [1.807, 2.05) is 16.9 Å². The number of hydrogen-bond donors (Lipinski definition) is 1. The molecule has 0 aliphatic carbocycles. The average molecular weight is 241 g/mol. The van der Waals surface area contributed by atoms with Gasteiger partial charge in [-0.25, -0.2) is 4.68 Å². The largest absolute Gasteiger partial charge is 0.314 e. The van der Waals surface area contributed by atoms with Crippen LogP contribution in [0.15, 0.2) is 36.5 Å². The predicted molar refractivity (Wildman–Crippen MR) is 73.0 cm³/mol. The minimum Gasteiger partial charge on any atom is -0.314 e. The van der Waals surface area contributed by atoms with Gasteiger partial charge in [0.15, 0.2) is 0 Å². The number of aromatic nitrogens is 2. The number of nitrogens with one attached hydrogen (secondary N) is 1. The second-order valence-electron chi connectivity index (χ2n) is 5.05. The van der Waals surface area contributed by atoms with Gasteiger partial charge in [-0.15, -0.1) is 0 Å². The van der Waals surface area contributed by atoms with E-state index >= 15 is 0 Å². The summed E-state index contributed by atoms with van der Waals surface area (Å²) in [4.78, 5) is 0. The lowest BCUT2D eigenvalue weighted by Crippen LogP contribution is -2.23. The lowest BCUT2D eigenvalue weighted by molar-refractivity contribution is 0.603. The molecular weight excluding hydrogens is 222 g/mol. The Morgan fingerprint density at radius 1 is 1.28 bits per heavy atom. The van der Waals surface area contributed by atoms with Gasteiger partial charge in [0.25, 0.3) is 0 Å². The van der Waals surface area contributed by atoms with Crippen LogP contribution in [0.2, 0.25) is 0 Å². The Hall–Kier alpha value is -1.61. The van der Waals surface area contributed by atoms with E-state index in [0.717, 1.165) is 12.1 Å². The fourth-order valence-corrected chi connectivity index (χ4v) is 2.63. The van der Waals surface area contributed by atoms with Crippen LogP contribution in [0.5, 0.6) is 0 Å². The first-order chi connectivity index (χ1) is 8.83. The Balaban J connectivity index is 1.74. The molecule has 1 aromatic heterocycles. The molecule has 1 aliphatic heterocycles. The highest BCUT2D eigenvalue weighted by molar-refractivity contribution is 5.35. The van der Waals surface area contributed by atoms with Crippen molar-refractivity contribution in [3.63, 3.8) is 0 Å².